The van der Waals surface area contributed by atoms with E-state index in [2.05, 4.69) is 5.32 Å². The van der Waals surface area contributed by atoms with Crippen LogP contribution in [0.5, 0.6) is 11.5 Å². The molecule has 18 heavy (non-hydrogen) atoms. The lowest BCUT2D eigenvalue weighted by atomic mass is 10.3. The highest BCUT2D eigenvalue weighted by atomic mass is 16.6. The van der Waals surface area contributed by atoms with Gasteiger partial charge in [-0.15, -0.1) is 0 Å². The van der Waals surface area contributed by atoms with Crippen LogP contribution in [0.1, 0.15) is 0 Å². The summed E-state index contributed by atoms with van der Waals surface area (Å²) in [6, 6.07) is 13.5. The molecule has 0 aliphatic carbocycles. The molecule has 0 heterocycles. The number of hydrogen-bond donors (Lipinski definition) is 1. The van der Waals surface area contributed by atoms with Crippen molar-refractivity contribution >= 4 is 11.4 Å². The lowest BCUT2D eigenvalue weighted by Crippen LogP contribution is -1.93. The van der Waals surface area contributed by atoms with Crippen LogP contribution in [-0.2, 0) is 0 Å². The summed E-state index contributed by atoms with van der Waals surface area (Å²) in [7, 11) is 1.82. The lowest BCUT2D eigenvalue weighted by molar-refractivity contribution is -0.385. The third kappa shape index (κ3) is 2.57. The molecule has 5 nitrogen and oxygen atoms in total. The van der Waals surface area contributed by atoms with Gasteiger partial charge in [0.05, 0.1) is 4.92 Å². The zero-order chi connectivity index (χ0) is 13.0. The molecule has 92 valence electrons. The smallest absolute Gasteiger partial charge is 0.311 e. The highest BCUT2D eigenvalue weighted by Gasteiger charge is 2.14. The van der Waals surface area contributed by atoms with Gasteiger partial charge in [0, 0.05) is 18.8 Å². The van der Waals surface area contributed by atoms with Crippen molar-refractivity contribution in [2.24, 2.45) is 0 Å². The van der Waals surface area contributed by atoms with Gasteiger partial charge < -0.3 is 10.1 Å². The minimum Gasteiger partial charge on any atom is -0.450 e. The molecule has 0 saturated carbocycles. The molecule has 2 aromatic rings. The largest absolute Gasteiger partial charge is 0.450 e. The van der Waals surface area contributed by atoms with E-state index in [1.807, 2.05) is 19.2 Å². The third-order valence-electron chi connectivity index (χ3n) is 2.43. The van der Waals surface area contributed by atoms with Gasteiger partial charge in [0.1, 0.15) is 5.75 Å². The van der Waals surface area contributed by atoms with Crippen LogP contribution in [0, 0.1) is 10.1 Å². The molecule has 0 aliphatic rings. The van der Waals surface area contributed by atoms with Crippen LogP contribution >= 0.6 is 0 Å². The first-order valence-electron chi connectivity index (χ1n) is 5.40. The Hall–Kier alpha value is -2.56. The zero-order valence-electron chi connectivity index (χ0n) is 9.79. The number of anilines is 1. The lowest BCUT2D eigenvalue weighted by Gasteiger charge is -2.06. The summed E-state index contributed by atoms with van der Waals surface area (Å²) in [6.45, 7) is 0. The number of benzene rings is 2. The summed E-state index contributed by atoms with van der Waals surface area (Å²) in [5.41, 5.74) is 0.903. The number of ether oxygens (including phenoxy) is 1. The summed E-state index contributed by atoms with van der Waals surface area (Å²) in [4.78, 5) is 10.4. The summed E-state index contributed by atoms with van der Waals surface area (Å²) in [5.74, 6) is 0.794. The quantitative estimate of drug-likeness (QED) is 0.661. The average Bonchev–Trinajstić information content (AvgIpc) is 2.40. The van der Waals surface area contributed by atoms with Gasteiger partial charge in [-0.1, -0.05) is 12.1 Å². The molecular weight excluding hydrogens is 232 g/mol. The number of hydrogen-bond acceptors (Lipinski definition) is 4. The molecule has 0 saturated heterocycles. The molecule has 2 aromatic carbocycles. The van der Waals surface area contributed by atoms with Crippen LogP contribution in [0.25, 0.3) is 0 Å². The molecule has 5 heteroatoms. The van der Waals surface area contributed by atoms with E-state index in [9.17, 15) is 10.1 Å². The number of nitrogens with one attached hydrogen (secondary N) is 1. The van der Waals surface area contributed by atoms with Crippen LogP contribution in [-0.4, -0.2) is 12.0 Å². The van der Waals surface area contributed by atoms with Crippen molar-refractivity contribution < 1.29 is 9.66 Å². The van der Waals surface area contributed by atoms with Crippen LogP contribution < -0.4 is 10.1 Å². The summed E-state index contributed by atoms with van der Waals surface area (Å²) in [5, 5.41) is 13.8. The van der Waals surface area contributed by atoms with E-state index in [-0.39, 0.29) is 11.4 Å². The minimum absolute atomic E-state index is 0.0461. The van der Waals surface area contributed by atoms with Gasteiger partial charge in [-0.05, 0) is 30.3 Å². The molecule has 0 atom stereocenters. The SMILES string of the molecule is CNc1ccc(Oc2ccccc2[N+](=O)[O-])cc1. The van der Waals surface area contributed by atoms with Crippen molar-refractivity contribution in [3.8, 4) is 11.5 Å². The van der Waals surface area contributed by atoms with E-state index in [0.717, 1.165) is 5.69 Å². The summed E-state index contributed by atoms with van der Waals surface area (Å²) < 4.78 is 5.50. The maximum absolute atomic E-state index is 10.8. The molecule has 2 rings (SSSR count). The van der Waals surface area contributed by atoms with Crippen molar-refractivity contribution in [2.45, 2.75) is 0 Å². The van der Waals surface area contributed by atoms with Crippen LogP contribution in [0.4, 0.5) is 11.4 Å². The Balaban J connectivity index is 2.25. The van der Waals surface area contributed by atoms with E-state index in [1.54, 1.807) is 30.3 Å². The Morgan fingerprint density at radius 3 is 2.39 bits per heavy atom. The number of para-hydroxylation sites is 2. The van der Waals surface area contributed by atoms with Crippen LogP contribution in [0.2, 0.25) is 0 Å². The summed E-state index contributed by atoms with van der Waals surface area (Å²) >= 11 is 0. The Morgan fingerprint density at radius 1 is 1.11 bits per heavy atom. The first kappa shape index (κ1) is 11.9. The fourth-order valence-corrected chi connectivity index (χ4v) is 1.51. The monoisotopic (exact) mass is 244 g/mol. The Bertz CT molecular complexity index is 552. The maximum Gasteiger partial charge on any atom is 0.311 e. The molecule has 0 spiro atoms. The van der Waals surface area contributed by atoms with Gasteiger partial charge in [0.15, 0.2) is 0 Å². The number of nitro benzene ring substituents is 1. The molecular formula is C13H12N2O3. The van der Waals surface area contributed by atoms with Crippen molar-refractivity contribution in [3.63, 3.8) is 0 Å². The van der Waals surface area contributed by atoms with E-state index in [1.165, 1.54) is 6.07 Å². The molecule has 0 aliphatic heterocycles. The van der Waals surface area contributed by atoms with Crippen molar-refractivity contribution in [1.29, 1.82) is 0 Å². The second-order valence-electron chi connectivity index (χ2n) is 3.60. The third-order valence-corrected chi connectivity index (χ3v) is 2.43. The van der Waals surface area contributed by atoms with E-state index >= 15 is 0 Å². The van der Waals surface area contributed by atoms with E-state index in [4.69, 9.17) is 4.74 Å². The number of nitro groups is 1. The van der Waals surface area contributed by atoms with Gasteiger partial charge >= 0.3 is 5.69 Å². The van der Waals surface area contributed by atoms with Gasteiger partial charge in [-0.2, -0.15) is 0 Å². The molecule has 0 unspecified atom stereocenters. The molecule has 0 bridgehead atoms. The normalized spacial score (nSPS) is 9.83. The predicted molar refractivity (Wildman–Crippen MR) is 69.2 cm³/mol. The molecule has 0 fully saturated rings. The minimum atomic E-state index is -0.461. The van der Waals surface area contributed by atoms with Gasteiger partial charge in [-0.3, -0.25) is 10.1 Å². The van der Waals surface area contributed by atoms with Crippen molar-refractivity contribution in [1.82, 2.24) is 0 Å². The number of nitrogens with zero attached hydrogens (tertiary/aromatic N) is 1. The second kappa shape index (κ2) is 5.18. The van der Waals surface area contributed by atoms with Crippen molar-refractivity contribution in [3.05, 3.63) is 58.6 Å². The number of rotatable bonds is 4. The van der Waals surface area contributed by atoms with Gasteiger partial charge in [-0.25, -0.2) is 0 Å². The Labute approximate surface area is 104 Å². The highest BCUT2D eigenvalue weighted by Crippen LogP contribution is 2.31. The molecule has 0 radical (unpaired) electrons. The second-order valence-corrected chi connectivity index (χ2v) is 3.60. The standard InChI is InChI=1S/C13H12N2O3/c1-14-10-6-8-11(9-7-10)18-13-5-3-2-4-12(13)15(16)17/h2-9,14H,1H3. The highest BCUT2D eigenvalue weighted by molar-refractivity contribution is 5.50. The Kier molecular flexibility index (Phi) is 3.43. The topological polar surface area (TPSA) is 64.4 Å². The molecule has 1 N–H and O–H groups in total. The van der Waals surface area contributed by atoms with Gasteiger partial charge in [0.2, 0.25) is 5.75 Å². The Morgan fingerprint density at radius 2 is 1.78 bits per heavy atom. The maximum atomic E-state index is 10.8. The first-order valence-corrected chi connectivity index (χ1v) is 5.40. The van der Waals surface area contributed by atoms with Crippen LogP contribution in [0.3, 0.4) is 0 Å². The van der Waals surface area contributed by atoms with E-state index in [0.29, 0.717) is 5.75 Å². The van der Waals surface area contributed by atoms with Crippen LogP contribution in [0.15, 0.2) is 48.5 Å². The van der Waals surface area contributed by atoms with E-state index < -0.39 is 4.92 Å². The van der Waals surface area contributed by atoms with Crippen molar-refractivity contribution in [2.75, 3.05) is 12.4 Å². The fourth-order valence-electron chi connectivity index (χ4n) is 1.51. The predicted octanol–water partition coefficient (Wildman–Crippen LogP) is 3.43. The summed E-state index contributed by atoms with van der Waals surface area (Å²) in [6.07, 6.45) is 0. The van der Waals surface area contributed by atoms with Gasteiger partial charge in [0.25, 0.3) is 0 Å². The fraction of sp³-hybridized carbons (Fsp3) is 0.0769. The molecule has 0 amide bonds. The first-order chi connectivity index (χ1) is 8.70. The zero-order valence-corrected chi connectivity index (χ0v) is 9.79. The average molecular weight is 244 g/mol. The molecule has 0 aromatic heterocycles.